The molecular weight excluding hydrogens is 340 g/mol. The minimum Gasteiger partial charge on any atom is -0.364 e. The van der Waals surface area contributed by atoms with Gasteiger partial charge in [-0.15, -0.1) is 0 Å². The van der Waals surface area contributed by atoms with Gasteiger partial charge in [0.05, 0.1) is 22.8 Å². The summed E-state index contributed by atoms with van der Waals surface area (Å²) in [7, 11) is -3.52. The van der Waals surface area contributed by atoms with Crippen LogP contribution in [0.3, 0.4) is 0 Å². The van der Waals surface area contributed by atoms with Crippen molar-refractivity contribution in [3.05, 3.63) is 66.1 Å². The number of carbonyl (C=O) groups excluding carboxylic acids is 1. The summed E-state index contributed by atoms with van der Waals surface area (Å²) >= 11 is 0. The number of hydrogen-bond donors (Lipinski definition) is 0. The van der Waals surface area contributed by atoms with Crippen LogP contribution >= 0.6 is 0 Å². The molecule has 7 heteroatoms. The number of benzene rings is 1. The standard InChI is InChI=1S/C18H20N2O4S/c1-5-8-13(2)11-20(18(21)15-12-24-19-14(15)3)16-9-6-7-10-17(16)25(4,22)23/h5-10,12H,2,11H2,1,3-4H3/b8-5-. The maximum absolute atomic E-state index is 13.0. The van der Waals surface area contributed by atoms with Crippen LogP contribution in [0.5, 0.6) is 0 Å². The van der Waals surface area contributed by atoms with E-state index < -0.39 is 15.7 Å². The molecule has 25 heavy (non-hydrogen) atoms. The first-order valence-corrected chi connectivity index (χ1v) is 9.47. The summed E-state index contributed by atoms with van der Waals surface area (Å²) in [5.41, 5.74) is 1.66. The number of amides is 1. The zero-order chi connectivity index (χ0) is 18.6. The first-order chi connectivity index (χ1) is 11.8. The third kappa shape index (κ3) is 4.24. The molecule has 0 aliphatic heterocycles. The summed E-state index contributed by atoms with van der Waals surface area (Å²) in [4.78, 5) is 14.5. The Morgan fingerprint density at radius 3 is 2.60 bits per heavy atom. The molecule has 1 aromatic carbocycles. The monoisotopic (exact) mass is 360 g/mol. The lowest BCUT2D eigenvalue weighted by Crippen LogP contribution is -2.33. The lowest BCUT2D eigenvalue weighted by Gasteiger charge is -2.24. The second-order valence-electron chi connectivity index (χ2n) is 5.60. The summed E-state index contributed by atoms with van der Waals surface area (Å²) < 4.78 is 29.1. The number of nitrogens with zero attached hydrogens (tertiary/aromatic N) is 2. The molecule has 1 heterocycles. The van der Waals surface area contributed by atoms with Crippen molar-refractivity contribution in [2.24, 2.45) is 0 Å². The molecule has 2 rings (SSSR count). The largest absolute Gasteiger partial charge is 0.364 e. The van der Waals surface area contributed by atoms with Crippen molar-refractivity contribution in [2.75, 3.05) is 17.7 Å². The van der Waals surface area contributed by atoms with E-state index in [1.165, 1.54) is 17.2 Å². The third-order valence-corrected chi connectivity index (χ3v) is 4.69. The number of aryl methyl sites for hydroxylation is 1. The molecule has 0 atom stereocenters. The molecule has 1 amide bonds. The highest BCUT2D eigenvalue weighted by Gasteiger charge is 2.26. The fourth-order valence-electron chi connectivity index (χ4n) is 2.39. The van der Waals surface area contributed by atoms with E-state index in [-0.39, 0.29) is 17.0 Å². The van der Waals surface area contributed by atoms with Gasteiger partial charge in [0.2, 0.25) is 0 Å². The van der Waals surface area contributed by atoms with Crippen LogP contribution in [0.4, 0.5) is 5.69 Å². The molecule has 1 aromatic heterocycles. The molecule has 6 nitrogen and oxygen atoms in total. The van der Waals surface area contributed by atoms with E-state index in [1.807, 2.05) is 6.92 Å². The summed E-state index contributed by atoms with van der Waals surface area (Å²) in [5.74, 6) is -0.402. The summed E-state index contributed by atoms with van der Waals surface area (Å²) in [6.07, 6.45) is 5.94. The number of aromatic nitrogens is 1. The molecule has 0 fully saturated rings. The Morgan fingerprint density at radius 2 is 2.04 bits per heavy atom. The van der Waals surface area contributed by atoms with Crippen molar-refractivity contribution < 1.29 is 17.7 Å². The SMILES string of the molecule is C=C(/C=C\C)CN(C(=O)c1conc1C)c1ccccc1S(C)(=O)=O. The Kier molecular flexibility index (Phi) is 5.58. The van der Waals surface area contributed by atoms with Crippen LogP contribution in [-0.4, -0.2) is 32.3 Å². The van der Waals surface area contributed by atoms with Gasteiger partial charge < -0.3 is 9.42 Å². The number of hydrogen-bond acceptors (Lipinski definition) is 5. The topological polar surface area (TPSA) is 80.5 Å². The zero-order valence-electron chi connectivity index (χ0n) is 14.4. The molecule has 2 aromatic rings. The van der Waals surface area contributed by atoms with Crippen molar-refractivity contribution in [2.45, 2.75) is 18.7 Å². The normalized spacial score (nSPS) is 11.6. The Labute approximate surface area is 147 Å². The number of anilines is 1. The molecular formula is C18H20N2O4S. The van der Waals surface area contributed by atoms with Gasteiger partial charge >= 0.3 is 0 Å². The first kappa shape index (κ1) is 18.7. The van der Waals surface area contributed by atoms with Crippen molar-refractivity contribution in [1.82, 2.24) is 5.16 Å². The van der Waals surface area contributed by atoms with Gasteiger partial charge in [-0.1, -0.05) is 36.0 Å². The van der Waals surface area contributed by atoms with Crippen molar-refractivity contribution in [3.8, 4) is 0 Å². The average Bonchev–Trinajstić information content (AvgIpc) is 2.97. The third-order valence-electron chi connectivity index (χ3n) is 3.54. The Bertz CT molecular complexity index is 926. The van der Waals surface area contributed by atoms with E-state index >= 15 is 0 Å². The van der Waals surface area contributed by atoms with Gasteiger partial charge in [0, 0.05) is 6.26 Å². The van der Waals surface area contributed by atoms with E-state index in [2.05, 4.69) is 11.7 Å². The number of allylic oxidation sites excluding steroid dienone is 1. The van der Waals surface area contributed by atoms with Gasteiger partial charge in [0.15, 0.2) is 9.84 Å². The molecule has 0 saturated carbocycles. The summed E-state index contributed by atoms with van der Waals surface area (Å²) in [5, 5.41) is 3.72. The highest BCUT2D eigenvalue weighted by Crippen LogP contribution is 2.27. The van der Waals surface area contributed by atoms with E-state index in [0.29, 0.717) is 17.0 Å². The molecule has 0 radical (unpaired) electrons. The Balaban J connectivity index is 2.59. The molecule has 0 unspecified atom stereocenters. The fourth-order valence-corrected chi connectivity index (χ4v) is 3.28. The van der Waals surface area contributed by atoms with Gasteiger partial charge in [-0.05, 0) is 31.6 Å². The molecule has 0 spiro atoms. The minimum absolute atomic E-state index is 0.0748. The second-order valence-corrected chi connectivity index (χ2v) is 7.59. The van der Waals surface area contributed by atoms with Gasteiger partial charge in [0.1, 0.15) is 11.8 Å². The van der Waals surface area contributed by atoms with Crippen LogP contribution in [0.15, 0.2) is 64.3 Å². The quantitative estimate of drug-likeness (QED) is 0.739. The zero-order valence-corrected chi connectivity index (χ0v) is 15.2. The summed E-state index contributed by atoms with van der Waals surface area (Å²) in [6, 6.07) is 6.38. The van der Waals surface area contributed by atoms with Crippen LogP contribution in [0, 0.1) is 6.92 Å². The van der Waals surface area contributed by atoms with Crippen molar-refractivity contribution >= 4 is 21.4 Å². The smallest absolute Gasteiger partial charge is 0.263 e. The average molecular weight is 360 g/mol. The predicted molar refractivity (Wildman–Crippen MR) is 96.4 cm³/mol. The molecule has 0 N–H and O–H groups in total. The minimum atomic E-state index is -3.52. The van der Waals surface area contributed by atoms with E-state index in [0.717, 1.165) is 6.26 Å². The molecule has 0 saturated heterocycles. The first-order valence-electron chi connectivity index (χ1n) is 7.58. The molecule has 0 aliphatic rings. The van der Waals surface area contributed by atoms with Crippen LogP contribution in [0.2, 0.25) is 0 Å². The summed E-state index contributed by atoms with van der Waals surface area (Å²) in [6.45, 7) is 7.55. The van der Waals surface area contributed by atoms with Gasteiger partial charge in [-0.25, -0.2) is 8.42 Å². The van der Waals surface area contributed by atoms with Crippen LogP contribution in [0.1, 0.15) is 23.0 Å². The van der Waals surface area contributed by atoms with Gasteiger partial charge in [-0.3, -0.25) is 4.79 Å². The predicted octanol–water partition coefficient (Wildman–Crippen LogP) is 3.17. The molecule has 0 bridgehead atoms. The van der Waals surface area contributed by atoms with Crippen LogP contribution in [0.25, 0.3) is 0 Å². The van der Waals surface area contributed by atoms with E-state index in [4.69, 9.17) is 4.52 Å². The second kappa shape index (κ2) is 7.48. The van der Waals surface area contributed by atoms with Crippen LogP contribution in [-0.2, 0) is 9.84 Å². The number of rotatable bonds is 6. The fraction of sp³-hybridized carbons (Fsp3) is 0.222. The molecule has 0 aliphatic carbocycles. The van der Waals surface area contributed by atoms with Crippen molar-refractivity contribution in [3.63, 3.8) is 0 Å². The number of sulfone groups is 1. The maximum atomic E-state index is 13.0. The number of para-hydroxylation sites is 1. The van der Waals surface area contributed by atoms with Crippen LogP contribution < -0.4 is 4.90 Å². The van der Waals surface area contributed by atoms with Gasteiger partial charge in [0.25, 0.3) is 5.91 Å². The van der Waals surface area contributed by atoms with E-state index in [9.17, 15) is 13.2 Å². The maximum Gasteiger partial charge on any atom is 0.263 e. The lowest BCUT2D eigenvalue weighted by molar-refractivity contribution is 0.0987. The van der Waals surface area contributed by atoms with E-state index in [1.54, 1.807) is 37.3 Å². The Morgan fingerprint density at radius 1 is 1.36 bits per heavy atom. The van der Waals surface area contributed by atoms with Gasteiger partial charge in [-0.2, -0.15) is 0 Å². The molecule has 132 valence electrons. The van der Waals surface area contributed by atoms with Crippen molar-refractivity contribution in [1.29, 1.82) is 0 Å². The Hall–Kier alpha value is -2.67. The highest BCUT2D eigenvalue weighted by molar-refractivity contribution is 7.90. The highest BCUT2D eigenvalue weighted by atomic mass is 32.2. The lowest BCUT2D eigenvalue weighted by atomic mass is 10.1. The number of carbonyl (C=O) groups is 1.